The Balaban J connectivity index is 2.26. The van der Waals surface area contributed by atoms with Gasteiger partial charge < -0.3 is 5.32 Å². The minimum absolute atomic E-state index is 0.224. The van der Waals surface area contributed by atoms with Gasteiger partial charge in [0.2, 0.25) is 0 Å². The first-order chi connectivity index (χ1) is 6.97. The Morgan fingerprint density at radius 1 is 1.33 bits per heavy atom. The van der Waals surface area contributed by atoms with Gasteiger partial charge in [0.1, 0.15) is 11.5 Å². The normalized spacial score (nSPS) is 11.7. The van der Waals surface area contributed by atoms with E-state index in [2.05, 4.69) is 5.32 Å². The lowest BCUT2D eigenvalue weighted by atomic mass is 10.1. The lowest BCUT2D eigenvalue weighted by Gasteiger charge is -2.14. The van der Waals surface area contributed by atoms with E-state index in [4.69, 9.17) is 0 Å². The first-order valence-electron chi connectivity index (χ1n) is 5.11. The number of rotatable bonds is 5. The van der Waals surface area contributed by atoms with Crippen molar-refractivity contribution >= 4 is 0 Å². The van der Waals surface area contributed by atoms with Gasteiger partial charge in [0.25, 0.3) is 0 Å². The Morgan fingerprint density at radius 3 is 2.67 bits per heavy atom. The summed E-state index contributed by atoms with van der Waals surface area (Å²) in [6.45, 7) is 4.05. The van der Waals surface area contributed by atoms with E-state index in [9.17, 15) is 8.78 Å². The number of alkyl halides is 1. The zero-order valence-corrected chi connectivity index (χ0v) is 9.19. The molecule has 0 amide bonds. The fraction of sp³-hybridized carbons (Fsp3) is 0.500. The molecule has 84 valence electrons. The summed E-state index contributed by atoms with van der Waals surface area (Å²) in [5.41, 5.74) is -0.263. The zero-order valence-electron chi connectivity index (χ0n) is 9.19. The summed E-state index contributed by atoms with van der Waals surface area (Å²) in [5.74, 6) is -0.224. The molecule has 1 rings (SSSR count). The molecule has 1 aromatic carbocycles. The van der Waals surface area contributed by atoms with E-state index in [1.54, 1.807) is 6.07 Å². The molecule has 15 heavy (non-hydrogen) atoms. The van der Waals surface area contributed by atoms with Crippen LogP contribution in [0.2, 0.25) is 0 Å². The van der Waals surface area contributed by atoms with E-state index in [1.165, 1.54) is 26.0 Å². The molecule has 0 spiro atoms. The van der Waals surface area contributed by atoms with Crippen molar-refractivity contribution in [1.82, 2.24) is 5.32 Å². The fourth-order valence-electron chi connectivity index (χ4n) is 1.31. The molecule has 1 N–H and O–H groups in total. The van der Waals surface area contributed by atoms with Crippen molar-refractivity contribution in [1.29, 1.82) is 0 Å². The molecule has 0 unspecified atom stereocenters. The van der Waals surface area contributed by atoms with Gasteiger partial charge in [-0.25, -0.2) is 8.78 Å². The highest BCUT2D eigenvalue weighted by molar-refractivity contribution is 5.16. The summed E-state index contributed by atoms with van der Waals surface area (Å²) in [4.78, 5) is 0. The number of benzene rings is 1. The van der Waals surface area contributed by atoms with Crippen LogP contribution in [-0.4, -0.2) is 18.8 Å². The van der Waals surface area contributed by atoms with E-state index in [1.807, 2.05) is 6.07 Å². The number of hydrogen-bond acceptors (Lipinski definition) is 1. The first kappa shape index (κ1) is 12.1. The van der Waals surface area contributed by atoms with Crippen LogP contribution in [0.5, 0.6) is 0 Å². The molecule has 0 saturated heterocycles. The summed E-state index contributed by atoms with van der Waals surface area (Å²) in [5, 5.41) is 3.00. The highest BCUT2D eigenvalue weighted by Crippen LogP contribution is 2.06. The molecule has 0 bridgehead atoms. The van der Waals surface area contributed by atoms with Gasteiger partial charge in [0, 0.05) is 6.54 Å². The maximum Gasteiger partial charge on any atom is 0.123 e. The van der Waals surface area contributed by atoms with Crippen molar-refractivity contribution in [3.63, 3.8) is 0 Å². The Morgan fingerprint density at radius 2 is 2.07 bits per heavy atom. The van der Waals surface area contributed by atoms with Crippen molar-refractivity contribution < 1.29 is 8.78 Å². The van der Waals surface area contributed by atoms with Crippen LogP contribution in [0.4, 0.5) is 8.78 Å². The van der Waals surface area contributed by atoms with Gasteiger partial charge in [-0.05, 0) is 44.5 Å². The van der Waals surface area contributed by atoms with Crippen LogP contribution in [0.1, 0.15) is 19.4 Å². The molecule has 0 aliphatic rings. The molecule has 0 atom stereocenters. The van der Waals surface area contributed by atoms with Crippen molar-refractivity contribution in [3.8, 4) is 0 Å². The van der Waals surface area contributed by atoms with E-state index in [0.717, 1.165) is 5.56 Å². The highest BCUT2D eigenvalue weighted by Gasteiger charge is 2.13. The standard InChI is InChI=1S/C12H17F2N/c1-12(2,14)9-15-7-6-10-4-3-5-11(13)8-10/h3-5,8,15H,6-7,9H2,1-2H3. The van der Waals surface area contributed by atoms with Crippen molar-refractivity contribution in [2.45, 2.75) is 25.9 Å². The average Bonchev–Trinajstić information content (AvgIpc) is 2.11. The number of halogens is 2. The lowest BCUT2D eigenvalue weighted by Crippen LogP contribution is -2.32. The van der Waals surface area contributed by atoms with Crippen molar-refractivity contribution in [3.05, 3.63) is 35.6 Å². The molecule has 0 fully saturated rings. The third-order valence-corrected chi connectivity index (χ3v) is 2.02. The second-order valence-electron chi connectivity index (χ2n) is 4.28. The molecule has 1 aromatic rings. The predicted molar refractivity (Wildman–Crippen MR) is 58.2 cm³/mol. The second kappa shape index (κ2) is 5.21. The summed E-state index contributed by atoms with van der Waals surface area (Å²) >= 11 is 0. The molecule has 1 nitrogen and oxygen atoms in total. The Hall–Kier alpha value is -0.960. The van der Waals surface area contributed by atoms with Crippen LogP contribution >= 0.6 is 0 Å². The van der Waals surface area contributed by atoms with Gasteiger partial charge in [-0.2, -0.15) is 0 Å². The van der Waals surface area contributed by atoms with Gasteiger partial charge >= 0.3 is 0 Å². The summed E-state index contributed by atoms with van der Waals surface area (Å²) in [6.07, 6.45) is 0.716. The molecule has 0 saturated carbocycles. The molecule has 0 aliphatic heterocycles. The molecule has 0 heterocycles. The monoisotopic (exact) mass is 213 g/mol. The quantitative estimate of drug-likeness (QED) is 0.741. The fourth-order valence-corrected chi connectivity index (χ4v) is 1.31. The maximum absolute atomic E-state index is 13.1. The largest absolute Gasteiger partial charge is 0.313 e. The lowest BCUT2D eigenvalue weighted by molar-refractivity contribution is 0.211. The molecule has 0 aliphatic carbocycles. The first-order valence-corrected chi connectivity index (χ1v) is 5.11. The molecule has 0 aromatic heterocycles. The van der Waals surface area contributed by atoms with Crippen LogP contribution < -0.4 is 5.32 Å². The van der Waals surface area contributed by atoms with Crippen molar-refractivity contribution in [2.24, 2.45) is 0 Å². The van der Waals surface area contributed by atoms with Crippen LogP contribution in [0.15, 0.2) is 24.3 Å². The van der Waals surface area contributed by atoms with E-state index >= 15 is 0 Å². The van der Waals surface area contributed by atoms with E-state index in [-0.39, 0.29) is 5.82 Å². The Kier molecular flexibility index (Phi) is 4.21. The van der Waals surface area contributed by atoms with Gasteiger partial charge in [0.15, 0.2) is 0 Å². The summed E-state index contributed by atoms with van der Waals surface area (Å²) in [6, 6.07) is 6.47. The minimum atomic E-state index is -1.19. The Bertz CT molecular complexity index is 305. The number of nitrogens with one attached hydrogen (secondary N) is 1. The van der Waals surface area contributed by atoms with Crippen molar-refractivity contribution in [2.75, 3.05) is 13.1 Å². The Labute approximate surface area is 89.5 Å². The van der Waals surface area contributed by atoms with E-state index in [0.29, 0.717) is 19.5 Å². The highest BCUT2D eigenvalue weighted by atomic mass is 19.1. The van der Waals surface area contributed by atoms with E-state index < -0.39 is 5.67 Å². The topological polar surface area (TPSA) is 12.0 Å². The summed E-state index contributed by atoms with van der Waals surface area (Å²) in [7, 11) is 0. The second-order valence-corrected chi connectivity index (χ2v) is 4.28. The third-order valence-electron chi connectivity index (χ3n) is 2.02. The van der Waals surface area contributed by atoms with Crippen LogP contribution in [0, 0.1) is 5.82 Å². The average molecular weight is 213 g/mol. The van der Waals surface area contributed by atoms with Gasteiger partial charge in [-0.15, -0.1) is 0 Å². The molecule has 3 heteroatoms. The maximum atomic E-state index is 13.1. The van der Waals surface area contributed by atoms with Crippen LogP contribution in [0.3, 0.4) is 0 Å². The van der Waals surface area contributed by atoms with Crippen LogP contribution in [0.25, 0.3) is 0 Å². The third kappa shape index (κ3) is 5.47. The van der Waals surface area contributed by atoms with Gasteiger partial charge in [0.05, 0.1) is 0 Å². The molecule has 0 radical (unpaired) electrons. The predicted octanol–water partition coefficient (Wildman–Crippen LogP) is 2.71. The van der Waals surface area contributed by atoms with Crippen LogP contribution in [-0.2, 0) is 6.42 Å². The SMILES string of the molecule is CC(C)(F)CNCCc1cccc(F)c1. The smallest absolute Gasteiger partial charge is 0.123 e. The summed E-state index contributed by atoms with van der Waals surface area (Å²) < 4.78 is 25.8. The van der Waals surface area contributed by atoms with Gasteiger partial charge in [-0.3, -0.25) is 0 Å². The van der Waals surface area contributed by atoms with Gasteiger partial charge in [-0.1, -0.05) is 12.1 Å². The molecular formula is C12H17F2N. The minimum Gasteiger partial charge on any atom is -0.313 e. The number of hydrogen-bond donors (Lipinski definition) is 1. The zero-order chi connectivity index (χ0) is 11.3. The molecular weight excluding hydrogens is 196 g/mol.